The van der Waals surface area contributed by atoms with Crippen LogP contribution >= 0.6 is 0 Å². The molecule has 0 saturated heterocycles. The van der Waals surface area contributed by atoms with Crippen LogP contribution < -0.4 is 5.43 Å². The van der Waals surface area contributed by atoms with Crippen molar-refractivity contribution in [2.24, 2.45) is 5.10 Å². The molecule has 0 fully saturated rings. The van der Waals surface area contributed by atoms with Gasteiger partial charge in [0.2, 0.25) is 0 Å². The summed E-state index contributed by atoms with van der Waals surface area (Å²) >= 11 is 0. The van der Waals surface area contributed by atoms with Crippen LogP contribution in [0.25, 0.3) is 0 Å². The Morgan fingerprint density at radius 3 is 2.72 bits per heavy atom. The first kappa shape index (κ1) is 11.7. The zero-order valence-corrected chi connectivity index (χ0v) is 9.35. The molecule has 0 aliphatic heterocycles. The zero-order chi connectivity index (χ0) is 12.8. The Kier molecular flexibility index (Phi) is 3.60. The van der Waals surface area contributed by atoms with Gasteiger partial charge in [0, 0.05) is 12.3 Å². The molecule has 0 saturated carbocycles. The van der Waals surface area contributed by atoms with Gasteiger partial charge >= 0.3 is 0 Å². The third kappa shape index (κ3) is 2.88. The summed E-state index contributed by atoms with van der Waals surface area (Å²) in [5, 5.41) is 14.7. The summed E-state index contributed by atoms with van der Waals surface area (Å²) in [7, 11) is 0. The van der Waals surface area contributed by atoms with Crippen LogP contribution in [-0.2, 0) is 0 Å². The van der Waals surface area contributed by atoms with Gasteiger partial charge in [-0.25, -0.2) is 0 Å². The van der Waals surface area contributed by atoms with Crippen LogP contribution in [0.5, 0.6) is 0 Å². The van der Waals surface area contributed by atoms with Crippen molar-refractivity contribution in [3.63, 3.8) is 0 Å². The quantitative estimate of drug-likeness (QED) is 0.507. The number of hydrazone groups is 1. The van der Waals surface area contributed by atoms with E-state index in [1.54, 1.807) is 36.5 Å². The largest absolute Gasteiger partial charge is 0.294 e. The van der Waals surface area contributed by atoms with Crippen LogP contribution in [0.2, 0.25) is 0 Å². The first-order valence-corrected chi connectivity index (χ1v) is 5.21. The number of nitrogens with one attached hydrogen (secondary N) is 1. The van der Waals surface area contributed by atoms with Crippen molar-refractivity contribution in [2.45, 2.75) is 0 Å². The Labute approximate surface area is 103 Å². The molecule has 0 radical (unpaired) electrons. The summed E-state index contributed by atoms with van der Waals surface area (Å²) in [5.41, 5.74) is 3.63. The van der Waals surface area contributed by atoms with Gasteiger partial charge < -0.3 is 0 Å². The summed E-state index contributed by atoms with van der Waals surface area (Å²) in [6.07, 6.45) is 3.14. The summed E-state index contributed by atoms with van der Waals surface area (Å²) in [6.45, 7) is 0. The van der Waals surface area contributed by atoms with Gasteiger partial charge in [0.15, 0.2) is 0 Å². The molecule has 0 aliphatic carbocycles. The second kappa shape index (κ2) is 5.53. The molecule has 0 aliphatic rings. The molecule has 0 atom stereocenters. The lowest BCUT2D eigenvalue weighted by molar-refractivity contribution is -0.384. The van der Waals surface area contributed by atoms with E-state index in [4.69, 9.17) is 0 Å². The maximum Gasteiger partial charge on any atom is 0.294 e. The number of nitro benzene ring substituents is 1. The fourth-order valence-corrected chi connectivity index (χ4v) is 1.35. The average molecular weight is 242 g/mol. The molecule has 1 aromatic heterocycles. The van der Waals surface area contributed by atoms with E-state index >= 15 is 0 Å². The van der Waals surface area contributed by atoms with E-state index in [0.29, 0.717) is 11.4 Å². The van der Waals surface area contributed by atoms with E-state index in [0.717, 1.165) is 0 Å². The first-order valence-electron chi connectivity index (χ1n) is 5.21. The Hall–Kier alpha value is -2.76. The van der Waals surface area contributed by atoms with Gasteiger partial charge in [0.25, 0.3) is 5.69 Å². The fraction of sp³-hybridized carbons (Fsp3) is 0. The molecule has 1 heterocycles. The normalized spacial score (nSPS) is 10.4. The standard InChI is InChI=1S/C12H10N4O2/c17-16(18)12-7-2-1-6-11(12)15-14-9-10-5-3-4-8-13-10/h1-9,15H/b14-9-. The van der Waals surface area contributed by atoms with Gasteiger partial charge in [-0.05, 0) is 18.2 Å². The highest BCUT2D eigenvalue weighted by atomic mass is 16.6. The summed E-state index contributed by atoms with van der Waals surface area (Å²) in [5.74, 6) is 0. The highest BCUT2D eigenvalue weighted by molar-refractivity contribution is 5.77. The van der Waals surface area contributed by atoms with Crippen molar-refractivity contribution in [3.8, 4) is 0 Å². The van der Waals surface area contributed by atoms with Crippen molar-refractivity contribution >= 4 is 17.6 Å². The van der Waals surface area contributed by atoms with Gasteiger partial charge in [0.1, 0.15) is 5.69 Å². The lowest BCUT2D eigenvalue weighted by Gasteiger charge is -2.00. The number of nitro groups is 1. The van der Waals surface area contributed by atoms with Crippen molar-refractivity contribution < 1.29 is 4.92 Å². The minimum absolute atomic E-state index is 0.0179. The Balaban J connectivity index is 2.11. The molecule has 0 bridgehead atoms. The van der Waals surface area contributed by atoms with Gasteiger partial charge in [-0.2, -0.15) is 5.10 Å². The maximum atomic E-state index is 10.8. The van der Waals surface area contributed by atoms with Crippen molar-refractivity contribution in [3.05, 3.63) is 64.5 Å². The molecule has 90 valence electrons. The summed E-state index contributed by atoms with van der Waals surface area (Å²) < 4.78 is 0. The Morgan fingerprint density at radius 1 is 1.22 bits per heavy atom. The Bertz CT molecular complexity index is 569. The minimum Gasteiger partial charge on any atom is -0.272 e. The van der Waals surface area contributed by atoms with Crippen LogP contribution in [0.4, 0.5) is 11.4 Å². The van der Waals surface area contributed by atoms with E-state index < -0.39 is 4.92 Å². The molecule has 1 aromatic carbocycles. The molecule has 0 unspecified atom stereocenters. The molecule has 2 aromatic rings. The molecule has 2 rings (SSSR count). The summed E-state index contributed by atoms with van der Waals surface area (Å²) in [4.78, 5) is 14.3. The highest BCUT2D eigenvalue weighted by Gasteiger charge is 2.10. The number of hydrogen-bond acceptors (Lipinski definition) is 5. The SMILES string of the molecule is O=[N+]([O-])c1ccccc1N/N=C\c1ccccn1. The average Bonchev–Trinajstić information content (AvgIpc) is 2.40. The number of para-hydroxylation sites is 2. The maximum absolute atomic E-state index is 10.8. The van der Waals surface area contributed by atoms with Crippen LogP contribution in [0.1, 0.15) is 5.69 Å². The lowest BCUT2D eigenvalue weighted by atomic mass is 10.3. The van der Waals surface area contributed by atoms with E-state index in [1.807, 2.05) is 6.07 Å². The van der Waals surface area contributed by atoms with Crippen LogP contribution in [0.3, 0.4) is 0 Å². The fourth-order valence-electron chi connectivity index (χ4n) is 1.35. The van der Waals surface area contributed by atoms with E-state index in [1.165, 1.54) is 12.3 Å². The van der Waals surface area contributed by atoms with Crippen molar-refractivity contribution in [1.82, 2.24) is 4.98 Å². The Morgan fingerprint density at radius 2 is 2.00 bits per heavy atom. The van der Waals surface area contributed by atoms with Gasteiger partial charge in [-0.15, -0.1) is 0 Å². The predicted molar refractivity (Wildman–Crippen MR) is 68.6 cm³/mol. The second-order valence-electron chi connectivity index (χ2n) is 3.40. The van der Waals surface area contributed by atoms with Gasteiger partial charge in [0.05, 0.1) is 16.8 Å². The molecular weight excluding hydrogens is 232 g/mol. The van der Waals surface area contributed by atoms with E-state index in [2.05, 4.69) is 15.5 Å². The molecule has 18 heavy (non-hydrogen) atoms. The smallest absolute Gasteiger partial charge is 0.272 e. The molecule has 1 N–H and O–H groups in total. The first-order chi connectivity index (χ1) is 8.77. The number of hydrogen-bond donors (Lipinski definition) is 1. The lowest BCUT2D eigenvalue weighted by Crippen LogP contribution is -1.97. The third-order valence-corrected chi connectivity index (χ3v) is 2.17. The third-order valence-electron chi connectivity index (χ3n) is 2.17. The number of anilines is 1. The second-order valence-corrected chi connectivity index (χ2v) is 3.40. The van der Waals surface area contributed by atoms with E-state index in [9.17, 15) is 10.1 Å². The minimum atomic E-state index is -0.460. The summed E-state index contributed by atoms with van der Waals surface area (Å²) in [6, 6.07) is 11.7. The molecular formula is C12H10N4O2. The van der Waals surface area contributed by atoms with Gasteiger partial charge in [-0.1, -0.05) is 18.2 Å². The number of nitrogens with zero attached hydrogens (tertiary/aromatic N) is 3. The molecule has 6 nitrogen and oxygen atoms in total. The molecule has 0 spiro atoms. The molecule has 6 heteroatoms. The number of aromatic nitrogens is 1. The van der Waals surface area contributed by atoms with Crippen LogP contribution in [-0.4, -0.2) is 16.1 Å². The van der Waals surface area contributed by atoms with Crippen LogP contribution in [0, 0.1) is 10.1 Å². The van der Waals surface area contributed by atoms with Gasteiger partial charge in [-0.3, -0.25) is 20.5 Å². The van der Waals surface area contributed by atoms with Crippen molar-refractivity contribution in [1.29, 1.82) is 0 Å². The van der Waals surface area contributed by atoms with Crippen molar-refractivity contribution in [2.75, 3.05) is 5.43 Å². The number of rotatable bonds is 4. The number of benzene rings is 1. The van der Waals surface area contributed by atoms with Crippen LogP contribution in [0.15, 0.2) is 53.8 Å². The topological polar surface area (TPSA) is 80.4 Å². The predicted octanol–water partition coefficient (Wildman–Crippen LogP) is 2.44. The van der Waals surface area contributed by atoms with E-state index in [-0.39, 0.29) is 5.69 Å². The zero-order valence-electron chi connectivity index (χ0n) is 9.35. The highest BCUT2D eigenvalue weighted by Crippen LogP contribution is 2.22. The monoisotopic (exact) mass is 242 g/mol. The number of pyridine rings is 1. The molecule has 0 amide bonds.